The van der Waals surface area contributed by atoms with E-state index in [1.54, 1.807) is 30.3 Å². The summed E-state index contributed by atoms with van der Waals surface area (Å²) in [6.07, 6.45) is -4.37. The van der Waals surface area contributed by atoms with Crippen molar-refractivity contribution >= 4 is 11.6 Å². The first kappa shape index (κ1) is 14.1. The van der Waals surface area contributed by atoms with Crippen molar-refractivity contribution in [3.05, 3.63) is 65.7 Å². The standard InChI is InChI=1S/C15H12F3NO/c1-19(14(20)11-5-3-2-4-6-11)13-9-7-12(8-10-13)15(16,17)18/h2-10H,1H3. The molecule has 0 aliphatic rings. The summed E-state index contributed by atoms with van der Waals surface area (Å²) in [5.41, 5.74) is 0.156. The third-order valence-electron chi connectivity index (χ3n) is 2.91. The van der Waals surface area contributed by atoms with Gasteiger partial charge in [-0.25, -0.2) is 0 Å². The van der Waals surface area contributed by atoms with Crippen molar-refractivity contribution in [2.45, 2.75) is 6.18 Å². The van der Waals surface area contributed by atoms with E-state index in [0.29, 0.717) is 11.3 Å². The van der Waals surface area contributed by atoms with Crippen LogP contribution < -0.4 is 4.90 Å². The van der Waals surface area contributed by atoms with Gasteiger partial charge in [-0.2, -0.15) is 13.2 Å². The lowest BCUT2D eigenvalue weighted by molar-refractivity contribution is -0.137. The quantitative estimate of drug-likeness (QED) is 0.814. The zero-order valence-electron chi connectivity index (χ0n) is 10.7. The fraction of sp³-hybridized carbons (Fsp3) is 0.133. The van der Waals surface area contributed by atoms with Crippen LogP contribution in [0.2, 0.25) is 0 Å². The minimum atomic E-state index is -4.37. The van der Waals surface area contributed by atoms with Gasteiger partial charge in [0.1, 0.15) is 0 Å². The number of hydrogen-bond donors (Lipinski definition) is 0. The Hall–Kier alpha value is -2.30. The number of hydrogen-bond acceptors (Lipinski definition) is 1. The predicted molar refractivity (Wildman–Crippen MR) is 70.6 cm³/mol. The van der Waals surface area contributed by atoms with E-state index < -0.39 is 11.7 Å². The van der Waals surface area contributed by atoms with Crippen LogP contribution in [0.5, 0.6) is 0 Å². The number of halogens is 3. The smallest absolute Gasteiger partial charge is 0.311 e. The van der Waals surface area contributed by atoms with E-state index in [1.807, 2.05) is 0 Å². The van der Waals surface area contributed by atoms with E-state index in [-0.39, 0.29) is 5.91 Å². The van der Waals surface area contributed by atoms with Crippen molar-refractivity contribution in [2.24, 2.45) is 0 Å². The average molecular weight is 279 g/mol. The van der Waals surface area contributed by atoms with Crippen molar-refractivity contribution in [3.63, 3.8) is 0 Å². The van der Waals surface area contributed by atoms with Crippen LogP contribution in [0.15, 0.2) is 54.6 Å². The Morgan fingerprint density at radius 1 is 0.950 bits per heavy atom. The van der Waals surface area contributed by atoms with Gasteiger partial charge in [-0.05, 0) is 36.4 Å². The van der Waals surface area contributed by atoms with Crippen molar-refractivity contribution in [3.8, 4) is 0 Å². The van der Waals surface area contributed by atoms with Crippen LogP contribution in [-0.4, -0.2) is 13.0 Å². The van der Waals surface area contributed by atoms with Gasteiger partial charge in [-0.15, -0.1) is 0 Å². The molecule has 0 fully saturated rings. The van der Waals surface area contributed by atoms with Crippen molar-refractivity contribution in [2.75, 3.05) is 11.9 Å². The minimum absolute atomic E-state index is 0.273. The molecule has 0 bridgehead atoms. The Morgan fingerprint density at radius 2 is 1.50 bits per heavy atom. The fourth-order valence-electron chi connectivity index (χ4n) is 1.77. The van der Waals surface area contributed by atoms with Crippen LogP contribution in [-0.2, 0) is 6.18 Å². The van der Waals surface area contributed by atoms with Gasteiger partial charge in [0.25, 0.3) is 5.91 Å². The molecule has 2 aromatic rings. The zero-order chi connectivity index (χ0) is 14.8. The first-order chi connectivity index (χ1) is 9.39. The maximum absolute atomic E-state index is 12.5. The van der Waals surface area contributed by atoms with Crippen LogP contribution in [0.25, 0.3) is 0 Å². The molecule has 0 N–H and O–H groups in total. The molecular formula is C15H12F3NO. The number of rotatable bonds is 2. The van der Waals surface area contributed by atoms with E-state index >= 15 is 0 Å². The third kappa shape index (κ3) is 2.99. The lowest BCUT2D eigenvalue weighted by Gasteiger charge is -2.18. The highest BCUT2D eigenvalue weighted by Gasteiger charge is 2.30. The van der Waals surface area contributed by atoms with E-state index in [1.165, 1.54) is 24.1 Å². The molecule has 5 heteroatoms. The SMILES string of the molecule is CN(C(=O)c1ccccc1)c1ccc(C(F)(F)F)cc1. The molecule has 0 saturated heterocycles. The molecule has 0 aliphatic carbocycles. The molecule has 2 aromatic carbocycles. The van der Waals surface area contributed by atoms with Gasteiger partial charge < -0.3 is 4.90 Å². The Bertz CT molecular complexity index is 591. The lowest BCUT2D eigenvalue weighted by Crippen LogP contribution is -2.26. The van der Waals surface area contributed by atoms with Crippen LogP contribution in [0, 0.1) is 0 Å². The minimum Gasteiger partial charge on any atom is -0.311 e. The molecule has 0 spiro atoms. The monoisotopic (exact) mass is 279 g/mol. The lowest BCUT2D eigenvalue weighted by atomic mass is 10.1. The summed E-state index contributed by atoms with van der Waals surface area (Å²) in [7, 11) is 1.53. The molecule has 1 amide bonds. The number of benzene rings is 2. The molecule has 0 aromatic heterocycles. The molecule has 0 saturated carbocycles. The number of nitrogens with zero attached hydrogens (tertiary/aromatic N) is 1. The van der Waals surface area contributed by atoms with Gasteiger partial charge in [0, 0.05) is 18.3 Å². The van der Waals surface area contributed by atoms with Gasteiger partial charge in [-0.3, -0.25) is 4.79 Å². The number of anilines is 1. The molecule has 20 heavy (non-hydrogen) atoms. The highest BCUT2D eigenvalue weighted by Crippen LogP contribution is 2.30. The average Bonchev–Trinajstić information content (AvgIpc) is 2.46. The van der Waals surface area contributed by atoms with Crippen LogP contribution in [0.4, 0.5) is 18.9 Å². The largest absolute Gasteiger partial charge is 0.416 e. The molecule has 0 unspecified atom stereocenters. The summed E-state index contributed by atoms with van der Waals surface area (Å²) in [4.78, 5) is 13.4. The molecule has 0 aliphatic heterocycles. The highest BCUT2D eigenvalue weighted by molar-refractivity contribution is 6.05. The Labute approximate surface area is 114 Å². The Morgan fingerprint density at radius 3 is 2.00 bits per heavy atom. The van der Waals surface area contributed by atoms with Crippen molar-refractivity contribution < 1.29 is 18.0 Å². The van der Waals surface area contributed by atoms with Gasteiger partial charge in [-0.1, -0.05) is 18.2 Å². The van der Waals surface area contributed by atoms with Gasteiger partial charge in [0.15, 0.2) is 0 Å². The highest BCUT2D eigenvalue weighted by atomic mass is 19.4. The summed E-state index contributed by atoms with van der Waals surface area (Å²) in [5.74, 6) is -0.273. The normalized spacial score (nSPS) is 11.2. The van der Waals surface area contributed by atoms with E-state index in [0.717, 1.165) is 12.1 Å². The second kappa shape index (κ2) is 5.36. The second-order valence-corrected chi connectivity index (χ2v) is 4.27. The molecule has 2 rings (SSSR count). The number of amides is 1. The van der Waals surface area contributed by atoms with E-state index in [4.69, 9.17) is 0 Å². The molecule has 2 nitrogen and oxygen atoms in total. The zero-order valence-corrected chi connectivity index (χ0v) is 10.7. The number of alkyl halides is 3. The summed E-state index contributed by atoms with van der Waals surface area (Å²) >= 11 is 0. The van der Waals surface area contributed by atoms with Crippen LogP contribution >= 0.6 is 0 Å². The third-order valence-corrected chi connectivity index (χ3v) is 2.91. The topological polar surface area (TPSA) is 20.3 Å². The van der Waals surface area contributed by atoms with Gasteiger partial charge >= 0.3 is 6.18 Å². The number of carbonyl (C=O) groups is 1. The molecular weight excluding hydrogens is 267 g/mol. The number of carbonyl (C=O) groups excluding carboxylic acids is 1. The van der Waals surface area contributed by atoms with Crippen molar-refractivity contribution in [1.29, 1.82) is 0 Å². The van der Waals surface area contributed by atoms with E-state index in [2.05, 4.69) is 0 Å². The van der Waals surface area contributed by atoms with Crippen LogP contribution in [0.3, 0.4) is 0 Å². The summed E-state index contributed by atoms with van der Waals surface area (Å²) in [5, 5.41) is 0. The second-order valence-electron chi connectivity index (χ2n) is 4.27. The van der Waals surface area contributed by atoms with Crippen molar-refractivity contribution in [1.82, 2.24) is 0 Å². The summed E-state index contributed by atoms with van der Waals surface area (Å²) in [6.45, 7) is 0. The van der Waals surface area contributed by atoms with E-state index in [9.17, 15) is 18.0 Å². The van der Waals surface area contributed by atoms with Gasteiger partial charge in [0.05, 0.1) is 5.56 Å². The van der Waals surface area contributed by atoms with Gasteiger partial charge in [0.2, 0.25) is 0 Å². The molecule has 0 atom stereocenters. The molecule has 104 valence electrons. The Kier molecular flexibility index (Phi) is 3.79. The molecule has 0 heterocycles. The Balaban J connectivity index is 2.22. The first-order valence-corrected chi connectivity index (χ1v) is 5.90. The van der Waals surface area contributed by atoms with Crippen LogP contribution in [0.1, 0.15) is 15.9 Å². The first-order valence-electron chi connectivity index (χ1n) is 5.90. The maximum atomic E-state index is 12.5. The molecule has 0 radical (unpaired) electrons. The fourth-order valence-corrected chi connectivity index (χ4v) is 1.77. The summed E-state index contributed by atoms with van der Waals surface area (Å²) in [6, 6.07) is 13.0. The predicted octanol–water partition coefficient (Wildman–Crippen LogP) is 3.98. The maximum Gasteiger partial charge on any atom is 0.416 e. The summed E-state index contributed by atoms with van der Waals surface area (Å²) < 4.78 is 37.4.